The molecule has 0 amide bonds. The first-order chi connectivity index (χ1) is 9.32. The quantitative estimate of drug-likeness (QED) is 0.787. The fourth-order valence-electron chi connectivity index (χ4n) is 2.26. The molecule has 0 bridgehead atoms. The maximum absolute atomic E-state index is 12.6. The zero-order valence-electron chi connectivity index (χ0n) is 12.0. The molecule has 0 aromatic heterocycles. The summed E-state index contributed by atoms with van der Waals surface area (Å²) in [5, 5.41) is 0. The van der Waals surface area contributed by atoms with Crippen LogP contribution in [0, 0.1) is 0 Å². The van der Waals surface area contributed by atoms with Gasteiger partial charge in [-0.25, -0.2) is 8.42 Å². The maximum Gasteiger partial charge on any atom is 0.243 e. The lowest BCUT2D eigenvalue weighted by Gasteiger charge is -2.36. The van der Waals surface area contributed by atoms with Gasteiger partial charge >= 0.3 is 0 Å². The van der Waals surface area contributed by atoms with Gasteiger partial charge < -0.3 is 4.90 Å². The van der Waals surface area contributed by atoms with Gasteiger partial charge in [-0.15, -0.1) is 0 Å². The van der Waals surface area contributed by atoms with Crippen molar-refractivity contribution in [1.82, 2.24) is 9.21 Å². The molecular weight excluding hydrogens is 276 g/mol. The number of carbonyl (C=O) groups is 1. The zero-order chi connectivity index (χ0) is 14.9. The third-order valence-electron chi connectivity index (χ3n) is 3.80. The largest absolute Gasteiger partial charge is 0.301 e. The number of benzene rings is 1. The zero-order valence-corrected chi connectivity index (χ0v) is 12.9. The summed E-state index contributed by atoms with van der Waals surface area (Å²) < 4.78 is 26.7. The molecule has 1 aromatic rings. The predicted octanol–water partition coefficient (Wildman–Crippen LogP) is 1.21. The fourth-order valence-corrected chi connectivity index (χ4v) is 3.82. The van der Waals surface area contributed by atoms with E-state index in [1.54, 1.807) is 18.2 Å². The molecule has 1 heterocycles. The Morgan fingerprint density at radius 3 is 2.60 bits per heavy atom. The van der Waals surface area contributed by atoms with Crippen LogP contribution in [0.25, 0.3) is 0 Å². The smallest absolute Gasteiger partial charge is 0.243 e. The van der Waals surface area contributed by atoms with E-state index in [1.165, 1.54) is 17.3 Å². The lowest BCUT2D eigenvalue weighted by molar-refractivity contribution is 0.101. The van der Waals surface area contributed by atoms with E-state index >= 15 is 0 Å². The van der Waals surface area contributed by atoms with Crippen molar-refractivity contribution in [3.63, 3.8) is 0 Å². The molecule has 1 atom stereocenters. The van der Waals surface area contributed by atoms with Gasteiger partial charge in [-0.3, -0.25) is 4.79 Å². The third kappa shape index (κ3) is 2.92. The van der Waals surface area contributed by atoms with Gasteiger partial charge in [0.1, 0.15) is 0 Å². The number of hydrogen-bond acceptors (Lipinski definition) is 4. The first kappa shape index (κ1) is 15.2. The Balaban J connectivity index is 2.31. The molecule has 0 N–H and O–H groups in total. The molecule has 5 nitrogen and oxygen atoms in total. The predicted molar refractivity (Wildman–Crippen MR) is 77.3 cm³/mol. The van der Waals surface area contributed by atoms with Crippen molar-refractivity contribution in [1.29, 1.82) is 0 Å². The number of sulfonamides is 1. The summed E-state index contributed by atoms with van der Waals surface area (Å²) in [4.78, 5) is 13.7. The van der Waals surface area contributed by atoms with Crippen LogP contribution in [0.4, 0.5) is 0 Å². The number of likely N-dealkylation sites (N-methyl/N-ethyl adjacent to an activating group) is 1. The van der Waals surface area contributed by atoms with Gasteiger partial charge in [0.15, 0.2) is 5.78 Å². The molecule has 0 aliphatic carbocycles. The van der Waals surface area contributed by atoms with Crippen molar-refractivity contribution in [2.24, 2.45) is 0 Å². The highest BCUT2D eigenvalue weighted by atomic mass is 32.2. The summed E-state index contributed by atoms with van der Waals surface area (Å²) in [6.45, 7) is 5.11. The van der Waals surface area contributed by atoms with Gasteiger partial charge in [0, 0.05) is 31.2 Å². The minimum absolute atomic E-state index is 0.131. The minimum atomic E-state index is -3.52. The van der Waals surface area contributed by atoms with Crippen LogP contribution in [0.3, 0.4) is 0 Å². The normalized spacial score (nSPS) is 21.9. The molecule has 1 aliphatic heterocycles. The number of carbonyl (C=O) groups excluding carboxylic acids is 1. The van der Waals surface area contributed by atoms with Gasteiger partial charge in [-0.05, 0) is 33.0 Å². The van der Waals surface area contributed by atoms with E-state index in [2.05, 4.69) is 4.90 Å². The first-order valence-electron chi connectivity index (χ1n) is 6.64. The van der Waals surface area contributed by atoms with Crippen LogP contribution < -0.4 is 0 Å². The maximum atomic E-state index is 12.6. The fraction of sp³-hybridized carbons (Fsp3) is 0.500. The average Bonchev–Trinajstić information content (AvgIpc) is 2.42. The molecular formula is C14H20N2O3S. The monoisotopic (exact) mass is 296 g/mol. The van der Waals surface area contributed by atoms with Crippen LogP contribution >= 0.6 is 0 Å². The Hall–Kier alpha value is -1.24. The molecule has 0 spiro atoms. The number of piperazine rings is 1. The van der Waals surface area contributed by atoms with Gasteiger partial charge in [0.2, 0.25) is 10.0 Å². The number of hydrogen-bond donors (Lipinski definition) is 0. The molecule has 0 radical (unpaired) electrons. The van der Waals surface area contributed by atoms with Crippen LogP contribution in [0.15, 0.2) is 29.2 Å². The number of Topliss-reactive ketones (excluding diaryl/α,β-unsaturated/α-hetero) is 1. The highest BCUT2D eigenvalue weighted by Gasteiger charge is 2.30. The van der Waals surface area contributed by atoms with Crippen LogP contribution in [0.1, 0.15) is 24.2 Å². The number of rotatable bonds is 3. The van der Waals surface area contributed by atoms with E-state index in [1.807, 2.05) is 14.0 Å². The SMILES string of the molecule is CC(=O)c1cccc(S(=O)(=O)N2CCN(C)C(C)C2)c1. The first-order valence-corrected chi connectivity index (χ1v) is 8.08. The molecule has 110 valence electrons. The summed E-state index contributed by atoms with van der Waals surface area (Å²) in [5.74, 6) is -0.131. The van der Waals surface area contributed by atoms with Crippen molar-refractivity contribution < 1.29 is 13.2 Å². The van der Waals surface area contributed by atoms with Crippen molar-refractivity contribution in [3.05, 3.63) is 29.8 Å². The molecule has 1 aliphatic rings. The van der Waals surface area contributed by atoms with Gasteiger partial charge in [0.05, 0.1) is 4.90 Å². The Kier molecular flexibility index (Phi) is 4.27. The Morgan fingerprint density at radius 1 is 1.30 bits per heavy atom. The molecule has 0 saturated carbocycles. The standard InChI is InChI=1S/C14H20N2O3S/c1-11-10-16(8-7-15(11)3)20(18,19)14-6-4-5-13(9-14)12(2)17/h4-6,9,11H,7-8,10H2,1-3H3. The van der Waals surface area contributed by atoms with E-state index in [0.717, 1.165) is 0 Å². The molecule has 1 saturated heterocycles. The number of ketones is 1. The summed E-state index contributed by atoms with van der Waals surface area (Å²) in [7, 11) is -1.53. The molecule has 1 aromatic carbocycles. The summed E-state index contributed by atoms with van der Waals surface area (Å²) in [6.07, 6.45) is 0. The highest BCUT2D eigenvalue weighted by Crippen LogP contribution is 2.20. The van der Waals surface area contributed by atoms with E-state index < -0.39 is 10.0 Å². The molecule has 1 fully saturated rings. The van der Waals surface area contributed by atoms with Crippen LogP contribution in [-0.2, 0) is 10.0 Å². The molecule has 2 rings (SSSR count). The van der Waals surface area contributed by atoms with Crippen molar-refractivity contribution in [2.75, 3.05) is 26.7 Å². The van der Waals surface area contributed by atoms with Crippen molar-refractivity contribution in [2.45, 2.75) is 24.8 Å². The van der Waals surface area contributed by atoms with E-state index in [9.17, 15) is 13.2 Å². The third-order valence-corrected chi connectivity index (χ3v) is 5.66. The minimum Gasteiger partial charge on any atom is -0.301 e. The summed E-state index contributed by atoms with van der Waals surface area (Å²) >= 11 is 0. The second-order valence-corrected chi connectivity index (χ2v) is 7.21. The highest BCUT2D eigenvalue weighted by molar-refractivity contribution is 7.89. The van der Waals surface area contributed by atoms with E-state index in [4.69, 9.17) is 0 Å². The van der Waals surface area contributed by atoms with Gasteiger partial charge in [-0.1, -0.05) is 12.1 Å². The van der Waals surface area contributed by atoms with Crippen molar-refractivity contribution in [3.8, 4) is 0 Å². The van der Waals surface area contributed by atoms with Crippen LogP contribution in [0.2, 0.25) is 0 Å². The topological polar surface area (TPSA) is 57.7 Å². The lowest BCUT2D eigenvalue weighted by atomic mass is 10.2. The van der Waals surface area contributed by atoms with Crippen LogP contribution in [-0.4, -0.2) is 56.1 Å². The van der Waals surface area contributed by atoms with Gasteiger partial charge in [0.25, 0.3) is 0 Å². The Labute approximate surface area is 120 Å². The van der Waals surface area contributed by atoms with Crippen molar-refractivity contribution >= 4 is 15.8 Å². The Bertz CT molecular complexity index is 613. The second kappa shape index (κ2) is 5.63. The summed E-state index contributed by atoms with van der Waals surface area (Å²) in [6, 6.07) is 6.44. The van der Waals surface area contributed by atoms with E-state index in [-0.39, 0.29) is 16.7 Å². The second-order valence-electron chi connectivity index (χ2n) is 5.28. The number of nitrogens with zero attached hydrogens (tertiary/aromatic N) is 2. The molecule has 1 unspecified atom stereocenters. The summed E-state index contributed by atoms with van der Waals surface area (Å²) in [5.41, 5.74) is 0.424. The molecule has 6 heteroatoms. The van der Waals surface area contributed by atoms with E-state index in [0.29, 0.717) is 25.2 Å². The molecule has 20 heavy (non-hydrogen) atoms. The Morgan fingerprint density at radius 2 is 2.00 bits per heavy atom. The lowest BCUT2D eigenvalue weighted by Crippen LogP contribution is -2.51. The average molecular weight is 296 g/mol. The van der Waals surface area contributed by atoms with Gasteiger partial charge in [-0.2, -0.15) is 4.31 Å². The van der Waals surface area contributed by atoms with Crippen LogP contribution in [0.5, 0.6) is 0 Å².